The molecule has 148 valence electrons. The number of tetrazole rings is 1. The van der Waals surface area contributed by atoms with Crippen molar-refractivity contribution in [2.75, 3.05) is 31.1 Å². The Hall–Kier alpha value is -2.73. The van der Waals surface area contributed by atoms with Crippen molar-refractivity contribution in [2.45, 2.75) is 12.8 Å². The number of thiophene rings is 1. The SMILES string of the molecule is O=c1n(CN2CCN(c3ccc(C(F)(F)F)cn3)CC2)nnn1-c1cccs1. The Bertz CT molecular complexity index is 973. The smallest absolute Gasteiger partial charge is 0.354 e. The zero-order valence-corrected chi connectivity index (χ0v) is 15.4. The van der Waals surface area contributed by atoms with Gasteiger partial charge in [-0.1, -0.05) is 0 Å². The van der Waals surface area contributed by atoms with Crippen LogP contribution in [0.5, 0.6) is 0 Å². The Morgan fingerprint density at radius 3 is 2.46 bits per heavy atom. The van der Waals surface area contributed by atoms with Gasteiger partial charge in [-0.3, -0.25) is 4.90 Å². The van der Waals surface area contributed by atoms with Gasteiger partial charge in [0, 0.05) is 32.4 Å². The predicted molar refractivity (Wildman–Crippen MR) is 96.5 cm³/mol. The van der Waals surface area contributed by atoms with Gasteiger partial charge in [0.2, 0.25) is 0 Å². The number of aromatic nitrogens is 5. The highest BCUT2D eigenvalue weighted by atomic mass is 32.1. The highest BCUT2D eigenvalue weighted by Gasteiger charge is 2.31. The normalized spacial score (nSPS) is 15.9. The van der Waals surface area contributed by atoms with Crippen molar-refractivity contribution in [1.29, 1.82) is 0 Å². The first kappa shape index (κ1) is 18.6. The van der Waals surface area contributed by atoms with Gasteiger partial charge in [0.05, 0.1) is 5.56 Å². The van der Waals surface area contributed by atoms with Gasteiger partial charge in [-0.05, 0) is 40.1 Å². The number of pyridine rings is 1. The first-order valence-corrected chi connectivity index (χ1v) is 9.37. The molecule has 3 aromatic heterocycles. The maximum absolute atomic E-state index is 12.6. The van der Waals surface area contributed by atoms with Crippen LogP contribution in [-0.4, -0.2) is 55.9 Å². The first-order valence-electron chi connectivity index (χ1n) is 8.49. The maximum Gasteiger partial charge on any atom is 0.417 e. The van der Waals surface area contributed by atoms with Gasteiger partial charge >= 0.3 is 11.9 Å². The fourth-order valence-electron chi connectivity index (χ4n) is 2.94. The standard InChI is InChI=1S/C16H16F3N7OS/c17-16(18,19)12-3-4-13(20-10-12)24-7-5-23(6-8-24)11-25-15(27)26(22-21-25)14-2-1-9-28-14/h1-4,9-10H,5-8,11H2. The zero-order chi connectivity index (χ0) is 19.7. The molecule has 0 bridgehead atoms. The largest absolute Gasteiger partial charge is 0.417 e. The Balaban J connectivity index is 1.37. The molecule has 0 aromatic carbocycles. The van der Waals surface area contributed by atoms with Crippen molar-refractivity contribution in [3.8, 4) is 5.00 Å². The zero-order valence-electron chi connectivity index (χ0n) is 14.6. The molecule has 0 spiro atoms. The van der Waals surface area contributed by atoms with E-state index in [1.807, 2.05) is 21.2 Å². The number of hydrogen-bond acceptors (Lipinski definition) is 7. The number of rotatable bonds is 4. The van der Waals surface area contributed by atoms with Crippen LogP contribution < -0.4 is 10.6 Å². The molecule has 28 heavy (non-hydrogen) atoms. The quantitative estimate of drug-likeness (QED) is 0.651. The Morgan fingerprint density at radius 2 is 1.86 bits per heavy atom. The van der Waals surface area contributed by atoms with Crippen molar-refractivity contribution >= 4 is 17.2 Å². The second-order valence-corrected chi connectivity index (χ2v) is 7.20. The minimum absolute atomic E-state index is 0.304. The summed E-state index contributed by atoms with van der Waals surface area (Å²) in [6.45, 7) is 2.73. The van der Waals surface area contributed by atoms with E-state index in [0.717, 1.165) is 12.3 Å². The van der Waals surface area contributed by atoms with Crippen molar-refractivity contribution in [3.63, 3.8) is 0 Å². The van der Waals surface area contributed by atoms with E-state index in [0.29, 0.717) is 43.7 Å². The fraction of sp³-hybridized carbons (Fsp3) is 0.375. The third kappa shape index (κ3) is 3.78. The van der Waals surface area contributed by atoms with Crippen LogP contribution in [0.1, 0.15) is 5.56 Å². The Morgan fingerprint density at radius 1 is 1.07 bits per heavy atom. The monoisotopic (exact) mass is 411 g/mol. The number of piperazine rings is 1. The summed E-state index contributed by atoms with van der Waals surface area (Å²) in [5, 5.41) is 10.4. The van der Waals surface area contributed by atoms with Gasteiger partial charge in [0.15, 0.2) is 0 Å². The van der Waals surface area contributed by atoms with Crippen molar-refractivity contribution in [3.05, 3.63) is 51.9 Å². The van der Waals surface area contributed by atoms with E-state index < -0.39 is 11.7 Å². The molecule has 1 saturated heterocycles. The third-order valence-electron chi connectivity index (χ3n) is 4.46. The van der Waals surface area contributed by atoms with Crippen LogP contribution in [0.3, 0.4) is 0 Å². The van der Waals surface area contributed by atoms with Crippen LogP contribution in [0.25, 0.3) is 5.00 Å². The molecule has 0 radical (unpaired) electrons. The summed E-state index contributed by atoms with van der Waals surface area (Å²) in [6, 6.07) is 6.05. The molecule has 0 N–H and O–H groups in total. The van der Waals surface area contributed by atoms with E-state index in [9.17, 15) is 18.0 Å². The van der Waals surface area contributed by atoms with Crippen molar-refractivity contribution < 1.29 is 13.2 Å². The maximum atomic E-state index is 12.6. The highest BCUT2D eigenvalue weighted by molar-refractivity contribution is 7.12. The molecule has 4 rings (SSSR count). The molecule has 1 aliphatic heterocycles. The molecule has 0 unspecified atom stereocenters. The average molecular weight is 411 g/mol. The number of anilines is 1. The minimum Gasteiger partial charge on any atom is -0.354 e. The molecular weight excluding hydrogens is 395 g/mol. The predicted octanol–water partition coefficient (Wildman–Crippen LogP) is 1.68. The highest BCUT2D eigenvalue weighted by Crippen LogP contribution is 2.29. The summed E-state index contributed by atoms with van der Waals surface area (Å²) in [5.74, 6) is 0.508. The molecule has 0 amide bonds. The van der Waals surface area contributed by atoms with Crippen molar-refractivity contribution in [1.82, 2.24) is 29.7 Å². The lowest BCUT2D eigenvalue weighted by atomic mass is 10.2. The van der Waals surface area contributed by atoms with Crippen LogP contribution in [0.4, 0.5) is 19.0 Å². The Kier molecular flexibility index (Phi) is 4.89. The molecule has 0 saturated carbocycles. The molecule has 1 aliphatic rings. The van der Waals surface area contributed by atoms with Gasteiger partial charge in [-0.25, -0.2) is 9.78 Å². The molecule has 1 fully saturated rings. The summed E-state index contributed by atoms with van der Waals surface area (Å²) in [6.07, 6.45) is -3.54. The van der Waals surface area contributed by atoms with Gasteiger partial charge in [0.25, 0.3) is 0 Å². The molecule has 8 nitrogen and oxygen atoms in total. The summed E-state index contributed by atoms with van der Waals surface area (Å²) >= 11 is 1.40. The summed E-state index contributed by atoms with van der Waals surface area (Å²) in [7, 11) is 0. The van der Waals surface area contributed by atoms with Gasteiger partial charge in [-0.15, -0.1) is 11.3 Å². The second kappa shape index (κ2) is 7.36. The number of hydrogen-bond donors (Lipinski definition) is 0. The summed E-state index contributed by atoms with van der Waals surface area (Å²) in [4.78, 5) is 20.3. The topological polar surface area (TPSA) is 72.1 Å². The van der Waals surface area contributed by atoms with Crippen LogP contribution in [0.2, 0.25) is 0 Å². The Labute approximate surface area is 161 Å². The van der Waals surface area contributed by atoms with Crippen LogP contribution in [-0.2, 0) is 12.8 Å². The van der Waals surface area contributed by atoms with E-state index in [1.165, 1.54) is 26.8 Å². The summed E-state index contributed by atoms with van der Waals surface area (Å²) < 4.78 is 40.5. The molecule has 12 heteroatoms. The van der Waals surface area contributed by atoms with Crippen molar-refractivity contribution in [2.24, 2.45) is 0 Å². The molecular formula is C16H16F3N7OS. The number of halogens is 3. The van der Waals surface area contributed by atoms with E-state index >= 15 is 0 Å². The minimum atomic E-state index is -4.39. The van der Waals surface area contributed by atoms with E-state index in [-0.39, 0.29) is 5.69 Å². The van der Waals surface area contributed by atoms with Crippen LogP contribution in [0, 0.1) is 0 Å². The van der Waals surface area contributed by atoms with Gasteiger partial charge < -0.3 is 4.90 Å². The third-order valence-corrected chi connectivity index (χ3v) is 5.30. The lowest BCUT2D eigenvalue weighted by Gasteiger charge is -2.34. The van der Waals surface area contributed by atoms with Crippen LogP contribution in [0.15, 0.2) is 40.6 Å². The molecule has 3 aromatic rings. The van der Waals surface area contributed by atoms with Gasteiger partial charge in [-0.2, -0.15) is 22.5 Å². The lowest BCUT2D eigenvalue weighted by Crippen LogP contribution is -2.48. The van der Waals surface area contributed by atoms with E-state index in [4.69, 9.17) is 0 Å². The lowest BCUT2D eigenvalue weighted by molar-refractivity contribution is -0.137. The first-order chi connectivity index (χ1) is 13.4. The number of nitrogens with zero attached hydrogens (tertiary/aromatic N) is 7. The van der Waals surface area contributed by atoms with E-state index in [1.54, 1.807) is 6.07 Å². The molecule has 0 atom stereocenters. The second-order valence-electron chi connectivity index (χ2n) is 6.27. The van der Waals surface area contributed by atoms with Crippen LogP contribution >= 0.6 is 11.3 Å². The fourth-order valence-corrected chi connectivity index (χ4v) is 3.61. The van der Waals surface area contributed by atoms with E-state index in [2.05, 4.69) is 15.4 Å². The number of alkyl halides is 3. The average Bonchev–Trinajstić information content (AvgIpc) is 3.32. The summed E-state index contributed by atoms with van der Waals surface area (Å²) in [5.41, 5.74) is -1.07. The molecule has 0 aliphatic carbocycles. The molecule has 4 heterocycles. The van der Waals surface area contributed by atoms with Gasteiger partial charge in [0.1, 0.15) is 17.5 Å².